The number of carbonyl (C=O) groups is 1. The minimum Gasteiger partial charge on any atom is -0.360 e. The Morgan fingerprint density at radius 2 is 1.66 bits per heavy atom. The Morgan fingerprint density at radius 1 is 1.05 bits per heavy atom. The van der Waals surface area contributed by atoms with Crippen LogP contribution in [0, 0.1) is 5.82 Å². The average molecular weight is 524 g/mol. The first-order chi connectivity index (χ1) is 17.1. The van der Waals surface area contributed by atoms with Crippen LogP contribution >= 0.6 is 11.6 Å². The molecule has 1 unspecified atom stereocenters. The van der Waals surface area contributed by atoms with Gasteiger partial charge in [-0.3, -0.25) is 9.78 Å². The van der Waals surface area contributed by atoms with Gasteiger partial charge >= 0.3 is 0 Å². The van der Waals surface area contributed by atoms with Gasteiger partial charge in [0.15, 0.2) is 0 Å². The van der Waals surface area contributed by atoms with E-state index in [0.717, 1.165) is 11.3 Å². The van der Waals surface area contributed by atoms with E-state index < -0.39 is 32.7 Å². The highest BCUT2D eigenvalue weighted by Crippen LogP contribution is 2.58. The standard InChI is InChI=1S/C20H33B11ClF2N3O/c21-16(22)8-15(34,19(28,29)36-7-11-3-2-10(6-35-11)17(23,24)25)18(26,27)20(30,31)37(16)14(38)9-1-4-13(33)12(32)5-9/h1-6,36H,7-8,21-31H2. The van der Waals surface area contributed by atoms with Crippen molar-refractivity contribution in [2.75, 3.05) is 0 Å². The molecule has 1 saturated heterocycles. The lowest BCUT2D eigenvalue weighted by Crippen LogP contribution is -2.83. The number of nitrogens with one attached hydrogen (secondary N) is 1. The molecule has 4 nitrogen and oxygen atoms in total. The van der Waals surface area contributed by atoms with Crippen molar-refractivity contribution in [2.24, 2.45) is 0 Å². The molecule has 1 amide bonds. The fourth-order valence-electron chi connectivity index (χ4n) is 6.13. The number of alkyl halides is 1. The van der Waals surface area contributed by atoms with Crippen LogP contribution in [-0.2, 0) is 11.7 Å². The first kappa shape index (κ1) is 31.2. The van der Waals surface area contributed by atoms with Crippen molar-refractivity contribution in [1.82, 2.24) is 15.2 Å². The number of aromatic nitrogens is 1. The lowest BCUT2D eigenvalue weighted by molar-refractivity contribution is -0.0224. The predicted molar refractivity (Wildman–Crippen MR) is 184 cm³/mol. The van der Waals surface area contributed by atoms with Crippen LogP contribution in [0.3, 0.4) is 0 Å². The summed E-state index contributed by atoms with van der Waals surface area (Å²) < 4.78 is 31.5. The Balaban J connectivity index is 1.95. The second-order valence-corrected chi connectivity index (χ2v) is 14.4. The van der Waals surface area contributed by atoms with Gasteiger partial charge in [0.1, 0.15) is 74.3 Å². The molecular weight excluding hydrogens is 491 g/mol. The quantitative estimate of drug-likeness (QED) is 0.383. The highest BCUT2D eigenvalue weighted by molar-refractivity contribution is 6.59. The number of rotatable bonds is 6. The number of piperidine rings is 1. The van der Waals surface area contributed by atoms with Crippen LogP contribution < -0.4 is 5.32 Å². The van der Waals surface area contributed by atoms with E-state index >= 15 is 4.39 Å². The molecule has 0 aliphatic carbocycles. The zero-order valence-corrected chi connectivity index (χ0v) is 25.6. The maximum atomic E-state index is 17.7. The molecule has 3 rings (SSSR count). The van der Waals surface area contributed by atoms with E-state index in [9.17, 15) is 9.18 Å². The Labute approximate surface area is 241 Å². The molecule has 18 heteroatoms. The van der Waals surface area contributed by atoms with Gasteiger partial charge in [0, 0.05) is 18.3 Å². The summed E-state index contributed by atoms with van der Waals surface area (Å²) in [5.74, 6) is -0.884. The van der Waals surface area contributed by atoms with Gasteiger partial charge in [0.2, 0.25) is 0 Å². The fraction of sp³-hybridized carbons (Fsp3) is 0.400. The van der Waals surface area contributed by atoms with Gasteiger partial charge in [0.05, 0.1) is 34.3 Å². The number of amides is 1. The molecule has 1 aromatic carbocycles. The average Bonchev–Trinajstić information content (AvgIpc) is 2.77. The Hall–Kier alpha value is -1.34. The molecule has 0 bridgehead atoms. The van der Waals surface area contributed by atoms with Gasteiger partial charge in [-0.1, -0.05) is 22.8 Å². The Kier molecular flexibility index (Phi) is 8.16. The predicted octanol–water partition coefficient (Wildman–Crippen LogP) is -7.63. The number of carbonyl (C=O) groups excluding carboxylic acids is 1. The van der Waals surface area contributed by atoms with Crippen LogP contribution in [0.15, 0.2) is 36.5 Å². The van der Waals surface area contributed by atoms with Crippen LogP contribution in [0.25, 0.3) is 0 Å². The largest absolute Gasteiger partial charge is 0.360 e. The fourth-order valence-corrected chi connectivity index (χ4v) is 6.31. The number of nitrogens with zero attached hydrogens (tertiary/aromatic N) is 2. The van der Waals surface area contributed by atoms with Crippen molar-refractivity contribution in [3.63, 3.8) is 0 Å². The smallest absolute Gasteiger partial charge is 0.252 e. The van der Waals surface area contributed by atoms with Gasteiger partial charge in [-0.15, -0.1) is 0 Å². The molecule has 188 valence electrons. The van der Waals surface area contributed by atoms with Gasteiger partial charge < -0.3 is 10.2 Å². The summed E-state index contributed by atoms with van der Waals surface area (Å²) in [6.45, 7) is 0.413. The molecule has 0 spiro atoms. The van der Waals surface area contributed by atoms with Crippen molar-refractivity contribution < 1.29 is 13.6 Å². The monoisotopic (exact) mass is 525 g/mol. The van der Waals surface area contributed by atoms with E-state index in [1.165, 1.54) is 18.2 Å². The third kappa shape index (κ3) is 5.23. The molecule has 38 heavy (non-hydrogen) atoms. The summed E-state index contributed by atoms with van der Waals surface area (Å²) in [5, 5.41) is -0.334. The molecule has 2 heterocycles. The first-order valence-electron chi connectivity index (χ1n) is 13.3. The summed E-state index contributed by atoms with van der Waals surface area (Å²) in [6.07, 6.45) is 1.99. The molecular formula is C20H33B11ClF2N3O. The minimum atomic E-state index is -1.71. The van der Waals surface area contributed by atoms with Gasteiger partial charge in [0.25, 0.3) is 5.91 Å². The lowest BCUT2D eigenvalue weighted by atomic mass is 9.21. The van der Waals surface area contributed by atoms with E-state index in [1.54, 1.807) is 4.90 Å². The van der Waals surface area contributed by atoms with Gasteiger partial charge in [-0.25, -0.2) is 8.78 Å². The maximum Gasteiger partial charge on any atom is 0.252 e. The summed E-state index contributed by atoms with van der Waals surface area (Å²) >= 11 is 6.00. The third-order valence-electron chi connectivity index (χ3n) is 9.12. The van der Waals surface area contributed by atoms with Crippen molar-refractivity contribution in [3.05, 3.63) is 64.2 Å². The lowest BCUT2D eigenvalue weighted by Gasteiger charge is -2.70. The second-order valence-electron chi connectivity index (χ2n) is 14.0. The molecule has 0 radical (unpaired) electrons. The molecule has 1 atom stereocenters. The number of pyridine rings is 1. The molecule has 0 saturated carbocycles. The van der Waals surface area contributed by atoms with Crippen LogP contribution in [0.4, 0.5) is 8.78 Å². The van der Waals surface area contributed by atoms with E-state index in [2.05, 4.69) is 39.9 Å². The van der Waals surface area contributed by atoms with Crippen LogP contribution in [0.5, 0.6) is 0 Å². The Bertz CT molecular complexity index is 1230. The van der Waals surface area contributed by atoms with E-state index in [0.29, 0.717) is 6.54 Å². The topological polar surface area (TPSA) is 45.2 Å². The van der Waals surface area contributed by atoms with Crippen LogP contribution in [0.2, 0.25) is 10.2 Å². The molecule has 1 aliphatic rings. The van der Waals surface area contributed by atoms with Crippen molar-refractivity contribution in [3.8, 4) is 0 Å². The van der Waals surface area contributed by atoms with Crippen LogP contribution in [0.1, 0.15) is 28.0 Å². The SMILES string of the molecule is BC(B)(B)c1ccc(CNC(B)(B)C2(F)CC(B)(B)N(C(=O)c3ccc(F)c(Cl)c3)C(B)(B)C2(B)B)nc1. The minimum absolute atomic E-state index is 0.00701. The highest BCUT2D eigenvalue weighted by atomic mass is 35.5. The number of hydrogen-bond donors (Lipinski definition) is 1. The number of benzene rings is 1. The van der Waals surface area contributed by atoms with Gasteiger partial charge in [-0.05, 0) is 57.5 Å². The molecule has 1 N–H and O–H groups in total. The third-order valence-corrected chi connectivity index (χ3v) is 9.41. The highest BCUT2D eigenvalue weighted by Gasteiger charge is 2.68. The summed E-state index contributed by atoms with van der Waals surface area (Å²) in [5.41, 5.74) is 0.551. The van der Waals surface area contributed by atoms with Crippen LogP contribution in [-0.4, -0.2) is 124 Å². The number of hydrogen-bond acceptors (Lipinski definition) is 3. The second kappa shape index (κ2) is 9.94. The summed E-state index contributed by atoms with van der Waals surface area (Å²) in [6, 6.07) is 8.04. The summed E-state index contributed by atoms with van der Waals surface area (Å²) in [4.78, 5) is 20.2. The van der Waals surface area contributed by atoms with E-state index in [4.69, 9.17) is 11.6 Å². The van der Waals surface area contributed by atoms with E-state index in [1.807, 2.05) is 75.0 Å². The molecule has 2 aromatic rings. The van der Waals surface area contributed by atoms with Crippen molar-refractivity contribution >= 4 is 104 Å². The van der Waals surface area contributed by atoms with E-state index in [-0.39, 0.29) is 28.0 Å². The Morgan fingerprint density at radius 3 is 2.16 bits per heavy atom. The molecule has 1 aromatic heterocycles. The molecule has 1 aliphatic heterocycles. The van der Waals surface area contributed by atoms with Crippen molar-refractivity contribution in [2.45, 2.75) is 45.0 Å². The number of halogens is 3. The first-order valence-corrected chi connectivity index (χ1v) is 13.7. The zero-order chi connectivity index (χ0) is 29.1. The van der Waals surface area contributed by atoms with Gasteiger partial charge in [-0.2, -0.15) is 0 Å². The normalized spacial score (nSPS) is 22.6. The number of likely N-dealkylation sites (tertiary alicyclic amines) is 1. The van der Waals surface area contributed by atoms with Crippen molar-refractivity contribution in [1.29, 1.82) is 0 Å². The maximum absolute atomic E-state index is 17.7. The zero-order valence-electron chi connectivity index (χ0n) is 24.8. The molecule has 1 fully saturated rings. The summed E-state index contributed by atoms with van der Waals surface area (Å²) in [7, 11) is 21.6.